The van der Waals surface area contributed by atoms with Crippen LogP contribution in [0.4, 0.5) is 8.78 Å². The van der Waals surface area contributed by atoms with Crippen LogP contribution in [0.25, 0.3) is 0 Å². The first kappa shape index (κ1) is 24.5. The van der Waals surface area contributed by atoms with Gasteiger partial charge in [0.2, 0.25) is 17.7 Å². The minimum atomic E-state index is -0.995. The van der Waals surface area contributed by atoms with E-state index in [0.717, 1.165) is 17.7 Å². The second kappa shape index (κ2) is 11.6. The Morgan fingerprint density at radius 3 is 2.15 bits per heavy atom. The summed E-state index contributed by atoms with van der Waals surface area (Å²) >= 11 is 0. The van der Waals surface area contributed by atoms with Gasteiger partial charge in [-0.25, -0.2) is 8.78 Å². The van der Waals surface area contributed by atoms with Gasteiger partial charge in [0.1, 0.15) is 23.7 Å². The van der Waals surface area contributed by atoms with Gasteiger partial charge in [0, 0.05) is 25.0 Å². The SMILES string of the molecule is C[C@H](NC(=O)Cc1cc(F)cc(F)c1)C(=O)NC(C(=O)NCc1ccncc1)c1ccccc1. The smallest absolute Gasteiger partial charge is 0.247 e. The van der Waals surface area contributed by atoms with E-state index >= 15 is 0 Å². The summed E-state index contributed by atoms with van der Waals surface area (Å²) in [6.07, 6.45) is 2.92. The Morgan fingerprint density at radius 1 is 0.853 bits per heavy atom. The molecule has 1 heterocycles. The average molecular weight is 466 g/mol. The van der Waals surface area contributed by atoms with Crippen molar-refractivity contribution >= 4 is 17.7 Å². The second-order valence-electron chi connectivity index (χ2n) is 7.67. The molecule has 3 amide bonds. The number of amides is 3. The molecule has 0 aliphatic rings. The van der Waals surface area contributed by atoms with Gasteiger partial charge in [-0.05, 0) is 47.9 Å². The highest BCUT2D eigenvalue weighted by atomic mass is 19.1. The van der Waals surface area contributed by atoms with Gasteiger partial charge < -0.3 is 16.0 Å². The lowest BCUT2D eigenvalue weighted by atomic mass is 10.1. The fourth-order valence-corrected chi connectivity index (χ4v) is 3.26. The molecule has 0 radical (unpaired) electrons. The normalized spacial score (nSPS) is 12.3. The number of benzene rings is 2. The molecule has 3 N–H and O–H groups in total. The van der Waals surface area contributed by atoms with Gasteiger partial charge in [0.05, 0.1) is 6.42 Å². The summed E-state index contributed by atoms with van der Waals surface area (Å²) in [5.41, 5.74) is 1.55. The molecule has 9 heteroatoms. The van der Waals surface area contributed by atoms with Crippen LogP contribution in [0.2, 0.25) is 0 Å². The van der Waals surface area contributed by atoms with Crippen molar-refractivity contribution in [2.24, 2.45) is 0 Å². The predicted octanol–water partition coefficient (Wildman–Crippen LogP) is 2.58. The maximum atomic E-state index is 13.3. The van der Waals surface area contributed by atoms with E-state index in [-0.39, 0.29) is 18.5 Å². The van der Waals surface area contributed by atoms with Crippen LogP contribution in [0.15, 0.2) is 73.1 Å². The molecule has 0 bridgehead atoms. The molecule has 0 aliphatic heterocycles. The zero-order valence-electron chi connectivity index (χ0n) is 18.4. The molecule has 3 rings (SSSR count). The van der Waals surface area contributed by atoms with Gasteiger partial charge in [0.25, 0.3) is 0 Å². The van der Waals surface area contributed by atoms with Crippen molar-refractivity contribution in [1.82, 2.24) is 20.9 Å². The molecular formula is C25H24F2N4O3. The standard InChI is InChI=1S/C25H24F2N4O3/c1-16(30-22(32)13-18-11-20(26)14-21(27)12-18)24(33)31-23(19-5-3-2-4-6-19)25(34)29-15-17-7-9-28-10-8-17/h2-12,14,16,23H,13,15H2,1H3,(H,29,34)(H,30,32)(H,31,33)/t16-,23?/m0/s1. The van der Waals surface area contributed by atoms with E-state index in [9.17, 15) is 23.2 Å². The Labute approximate surface area is 195 Å². The lowest BCUT2D eigenvalue weighted by Crippen LogP contribution is -2.49. The lowest BCUT2D eigenvalue weighted by molar-refractivity contribution is -0.131. The van der Waals surface area contributed by atoms with E-state index in [1.165, 1.54) is 6.92 Å². The highest BCUT2D eigenvalue weighted by molar-refractivity contribution is 5.92. The van der Waals surface area contributed by atoms with Gasteiger partial charge in [-0.3, -0.25) is 19.4 Å². The third-order valence-corrected chi connectivity index (χ3v) is 4.96. The Balaban J connectivity index is 1.63. The molecule has 34 heavy (non-hydrogen) atoms. The second-order valence-corrected chi connectivity index (χ2v) is 7.67. The highest BCUT2D eigenvalue weighted by Gasteiger charge is 2.25. The zero-order chi connectivity index (χ0) is 24.5. The molecule has 0 fully saturated rings. The van der Waals surface area contributed by atoms with Crippen LogP contribution in [0.3, 0.4) is 0 Å². The Kier molecular flexibility index (Phi) is 8.39. The van der Waals surface area contributed by atoms with Crippen LogP contribution in [-0.2, 0) is 27.3 Å². The van der Waals surface area contributed by atoms with Gasteiger partial charge in [-0.1, -0.05) is 30.3 Å². The molecule has 1 aromatic heterocycles. The van der Waals surface area contributed by atoms with Gasteiger partial charge in [0.15, 0.2) is 0 Å². The molecular weight excluding hydrogens is 442 g/mol. The van der Waals surface area contributed by atoms with Crippen molar-refractivity contribution in [3.8, 4) is 0 Å². The van der Waals surface area contributed by atoms with Crippen molar-refractivity contribution < 1.29 is 23.2 Å². The number of nitrogens with one attached hydrogen (secondary N) is 3. The maximum absolute atomic E-state index is 13.3. The highest BCUT2D eigenvalue weighted by Crippen LogP contribution is 2.14. The summed E-state index contributed by atoms with van der Waals surface area (Å²) < 4.78 is 26.7. The van der Waals surface area contributed by atoms with Crippen LogP contribution in [-0.4, -0.2) is 28.7 Å². The first-order valence-corrected chi connectivity index (χ1v) is 10.6. The number of pyridine rings is 1. The van der Waals surface area contributed by atoms with E-state index < -0.39 is 41.4 Å². The van der Waals surface area contributed by atoms with Crippen LogP contribution < -0.4 is 16.0 Å². The summed E-state index contributed by atoms with van der Waals surface area (Å²) in [6, 6.07) is 13.0. The van der Waals surface area contributed by atoms with Gasteiger partial charge in [-0.15, -0.1) is 0 Å². The Bertz CT molecular complexity index is 1120. The van der Waals surface area contributed by atoms with Crippen LogP contribution in [0.5, 0.6) is 0 Å². The Morgan fingerprint density at radius 2 is 1.50 bits per heavy atom. The third-order valence-electron chi connectivity index (χ3n) is 4.96. The summed E-state index contributed by atoms with van der Waals surface area (Å²) in [4.78, 5) is 41.9. The molecule has 176 valence electrons. The fraction of sp³-hybridized carbons (Fsp3) is 0.200. The minimum absolute atomic E-state index is 0.139. The van der Waals surface area contributed by atoms with E-state index in [1.54, 1.807) is 54.9 Å². The topological polar surface area (TPSA) is 100 Å². The summed E-state index contributed by atoms with van der Waals surface area (Å²) in [5, 5.41) is 7.93. The minimum Gasteiger partial charge on any atom is -0.350 e. The lowest BCUT2D eigenvalue weighted by Gasteiger charge is -2.22. The van der Waals surface area contributed by atoms with E-state index in [2.05, 4.69) is 20.9 Å². The van der Waals surface area contributed by atoms with Gasteiger partial charge in [-0.2, -0.15) is 0 Å². The number of nitrogens with zero attached hydrogens (tertiary/aromatic N) is 1. The first-order valence-electron chi connectivity index (χ1n) is 10.6. The molecule has 0 saturated carbocycles. The number of carbonyl (C=O) groups is 3. The largest absolute Gasteiger partial charge is 0.350 e. The van der Waals surface area contributed by atoms with Crippen LogP contribution in [0.1, 0.15) is 29.7 Å². The van der Waals surface area contributed by atoms with Crippen molar-refractivity contribution in [3.63, 3.8) is 0 Å². The van der Waals surface area contributed by atoms with Gasteiger partial charge >= 0.3 is 0 Å². The molecule has 0 saturated heterocycles. The van der Waals surface area contributed by atoms with Crippen molar-refractivity contribution in [3.05, 3.63) is 101 Å². The Hall–Kier alpha value is -4.14. The third kappa shape index (κ3) is 7.19. The molecule has 1 unspecified atom stereocenters. The molecule has 3 aromatic rings. The summed E-state index contributed by atoms with van der Waals surface area (Å²) in [7, 11) is 0. The fourth-order valence-electron chi connectivity index (χ4n) is 3.26. The monoisotopic (exact) mass is 466 g/mol. The first-order chi connectivity index (χ1) is 16.3. The van der Waals surface area contributed by atoms with E-state index in [0.29, 0.717) is 11.6 Å². The predicted molar refractivity (Wildman–Crippen MR) is 121 cm³/mol. The number of aromatic nitrogens is 1. The van der Waals surface area contributed by atoms with Crippen LogP contribution >= 0.6 is 0 Å². The molecule has 0 spiro atoms. The van der Waals surface area contributed by atoms with Crippen molar-refractivity contribution in [2.75, 3.05) is 0 Å². The molecule has 2 atom stereocenters. The number of hydrogen-bond donors (Lipinski definition) is 3. The molecule has 2 aromatic carbocycles. The van der Waals surface area contributed by atoms with E-state index in [4.69, 9.17) is 0 Å². The zero-order valence-corrected chi connectivity index (χ0v) is 18.4. The number of hydrogen-bond acceptors (Lipinski definition) is 4. The quantitative estimate of drug-likeness (QED) is 0.451. The molecule has 7 nitrogen and oxygen atoms in total. The summed E-state index contributed by atoms with van der Waals surface area (Å²) in [5.74, 6) is -3.20. The van der Waals surface area contributed by atoms with Crippen molar-refractivity contribution in [1.29, 1.82) is 0 Å². The average Bonchev–Trinajstić information content (AvgIpc) is 2.81. The maximum Gasteiger partial charge on any atom is 0.247 e. The van der Waals surface area contributed by atoms with Crippen LogP contribution in [0, 0.1) is 11.6 Å². The number of carbonyl (C=O) groups excluding carboxylic acids is 3. The molecule has 0 aliphatic carbocycles. The summed E-state index contributed by atoms with van der Waals surface area (Å²) in [6.45, 7) is 1.70. The number of rotatable bonds is 9. The number of halogens is 2. The van der Waals surface area contributed by atoms with E-state index in [1.807, 2.05) is 0 Å². The van der Waals surface area contributed by atoms with Crippen molar-refractivity contribution in [2.45, 2.75) is 32.0 Å².